The average molecular weight is 423 g/mol. The van der Waals surface area contributed by atoms with E-state index >= 15 is 0 Å². The van der Waals surface area contributed by atoms with Crippen molar-refractivity contribution in [1.82, 2.24) is 5.32 Å². The molecular formula is C22H34N2O6. The van der Waals surface area contributed by atoms with Gasteiger partial charge in [-0.3, -0.25) is 4.79 Å². The number of benzene rings is 1. The average Bonchev–Trinajstić information content (AvgIpc) is 2.71. The molecule has 0 aliphatic heterocycles. The van der Waals surface area contributed by atoms with Crippen LogP contribution in [-0.4, -0.2) is 31.3 Å². The first-order valence-corrected chi connectivity index (χ1v) is 10.4. The number of nitrogens with one attached hydrogen (secondary N) is 1. The van der Waals surface area contributed by atoms with Gasteiger partial charge in [0.2, 0.25) is 5.91 Å². The Kier molecular flexibility index (Phi) is 12.9. The molecule has 0 saturated heterocycles. The molecule has 0 radical (unpaired) electrons. The summed E-state index contributed by atoms with van der Waals surface area (Å²) in [6.45, 7) is 4.64. The summed E-state index contributed by atoms with van der Waals surface area (Å²) >= 11 is 0. The van der Waals surface area contributed by atoms with Crippen LogP contribution in [0.1, 0.15) is 64.2 Å². The molecule has 168 valence electrons. The predicted octanol–water partition coefficient (Wildman–Crippen LogP) is 4.59. The van der Waals surface area contributed by atoms with Crippen LogP contribution in [-0.2, 0) is 14.4 Å². The lowest BCUT2D eigenvalue weighted by atomic mass is 10.1. The van der Waals surface area contributed by atoms with Crippen LogP contribution in [0.25, 0.3) is 0 Å². The fraction of sp³-hybridized carbons (Fsp3) is 0.591. The van der Waals surface area contributed by atoms with Gasteiger partial charge in [0, 0.05) is 18.6 Å². The molecule has 1 rings (SSSR count). The van der Waals surface area contributed by atoms with Gasteiger partial charge in [-0.1, -0.05) is 38.1 Å². The molecule has 0 fully saturated rings. The van der Waals surface area contributed by atoms with E-state index < -0.39 is 11.3 Å². The largest absolute Gasteiger partial charge is 0.497 e. The third-order valence-corrected chi connectivity index (χ3v) is 4.25. The lowest BCUT2D eigenvalue weighted by molar-refractivity contribution is -0.757. The fourth-order valence-corrected chi connectivity index (χ4v) is 2.70. The van der Waals surface area contributed by atoms with E-state index in [1.165, 1.54) is 0 Å². The number of hydrogen-bond acceptors (Lipinski definition) is 6. The number of methoxy groups -OCH3 is 1. The Morgan fingerprint density at radius 3 is 2.67 bits per heavy atom. The molecule has 1 aromatic rings. The molecule has 0 saturated carbocycles. The molecule has 1 unspecified atom stereocenters. The summed E-state index contributed by atoms with van der Waals surface area (Å²) in [5.74, 6) is 1.14. The Balaban J connectivity index is 2.51. The van der Waals surface area contributed by atoms with Gasteiger partial charge in [-0.05, 0) is 50.2 Å². The highest BCUT2D eigenvalue weighted by Gasteiger charge is 2.15. The molecule has 0 aliphatic carbocycles. The summed E-state index contributed by atoms with van der Waals surface area (Å²) in [5, 5.41) is 12.3. The molecule has 8 nitrogen and oxygen atoms in total. The SMILES string of the molecule is COc1cccc(C(NC(=O)CCCCC=CC(C)C)OCCCCO[N+](=O)[O-])c1. The maximum Gasteiger partial charge on any atom is 0.294 e. The minimum absolute atomic E-state index is 0.0256. The maximum atomic E-state index is 12.4. The number of ether oxygens (including phenoxy) is 2. The van der Waals surface area contributed by atoms with Crippen LogP contribution in [0.3, 0.4) is 0 Å². The van der Waals surface area contributed by atoms with Gasteiger partial charge >= 0.3 is 0 Å². The van der Waals surface area contributed by atoms with E-state index in [1.807, 2.05) is 24.3 Å². The van der Waals surface area contributed by atoms with Crippen LogP contribution in [0.5, 0.6) is 5.75 Å². The van der Waals surface area contributed by atoms with Gasteiger partial charge in [-0.25, -0.2) is 0 Å². The normalized spacial score (nSPS) is 12.1. The van der Waals surface area contributed by atoms with E-state index in [0.29, 0.717) is 37.5 Å². The van der Waals surface area contributed by atoms with Crippen molar-refractivity contribution in [2.45, 2.75) is 58.6 Å². The summed E-state index contributed by atoms with van der Waals surface area (Å²) in [6, 6.07) is 7.34. The van der Waals surface area contributed by atoms with Crippen LogP contribution < -0.4 is 10.1 Å². The minimum Gasteiger partial charge on any atom is -0.497 e. The summed E-state index contributed by atoms with van der Waals surface area (Å²) in [4.78, 5) is 26.9. The van der Waals surface area contributed by atoms with E-state index in [1.54, 1.807) is 7.11 Å². The molecule has 1 amide bonds. The van der Waals surface area contributed by atoms with Crippen molar-refractivity contribution in [3.63, 3.8) is 0 Å². The lowest BCUT2D eigenvalue weighted by Crippen LogP contribution is -2.30. The molecule has 1 N–H and O–H groups in total. The van der Waals surface area contributed by atoms with Crippen LogP contribution >= 0.6 is 0 Å². The molecule has 0 aromatic heterocycles. The van der Waals surface area contributed by atoms with Gasteiger partial charge < -0.3 is 19.6 Å². The molecular weight excluding hydrogens is 388 g/mol. The zero-order chi connectivity index (χ0) is 22.2. The maximum absolute atomic E-state index is 12.4. The molecule has 1 atom stereocenters. The number of carbonyl (C=O) groups excluding carboxylic acids is 1. The molecule has 8 heteroatoms. The van der Waals surface area contributed by atoms with Gasteiger partial charge in [0.05, 0.1) is 13.7 Å². The molecule has 0 heterocycles. The third kappa shape index (κ3) is 12.1. The van der Waals surface area contributed by atoms with Crippen molar-refractivity contribution >= 4 is 5.91 Å². The molecule has 30 heavy (non-hydrogen) atoms. The number of rotatable bonds is 16. The van der Waals surface area contributed by atoms with Crippen molar-refractivity contribution in [2.24, 2.45) is 5.92 Å². The number of unbranched alkanes of at least 4 members (excludes halogenated alkanes) is 3. The van der Waals surface area contributed by atoms with Crippen molar-refractivity contribution in [3.8, 4) is 5.75 Å². The van der Waals surface area contributed by atoms with Crippen molar-refractivity contribution < 1.29 is 24.2 Å². The highest BCUT2D eigenvalue weighted by atomic mass is 16.9. The molecule has 0 aliphatic rings. The Morgan fingerprint density at radius 2 is 1.97 bits per heavy atom. The zero-order valence-electron chi connectivity index (χ0n) is 18.2. The monoisotopic (exact) mass is 422 g/mol. The summed E-state index contributed by atoms with van der Waals surface area (Å²) < 4.78 is 11.1. The van der Waals surface area contributed by atoms with Gasteiger partial charge in [-0.2, -0.15) is 0 Å². The van der Waals surface area contributed by atoms with Crippen molar-refractivity contribution in [1.29, 1.82) is 0 Å². The van der Waals surface area contributed by atoms with E-state index in [4.69, 9.17) is 9.47 Å². The Bertz CT molecular complexity index is 663. The van der Waals surface area contributed by atoms with Gasteiger partial charge in [0.1, 0.15) is 5.75 Å². The smallest absolute Gasteiger partial charge is 0.294 e. The van der Waals surface area contributed by atoms with E-state index in [2.05, 4.69) is 36.2 Å². The highest BCUT2D eigenvalue weighted by molar-refractivity contribution is 5.76. The number of hydrogen-bond donors (Lipinski definition) is 1. The first kappa shape index (κ1) is 25.4. The van der Waals surface area contributed by atoms with Crippen molar-refractivity contribution in [3.05, 3.63) is 52.1 Å². The number of allylic oxidation sites excluding steroid dienone is 2. The topological polar surface area (TPSA) is 99.9 Å². The van der Waals surface area contributed by atoms with E-state index in [9.17, 15) is 14.9 Å². The quantitative estimate of drug-likeness (QED) is 0.138. The van der Waals surface area contributed by atoms with Crippen LogP contribution in [0, 0.1) is 16.0 Å². The highest BCUT2D eigenvalue weighted by Crippen LogP contribution is 2.21. The van der Waals surface area contributed by atoms with Gasteiger partial charge in [-0.15, -0.1) is 10.1 Å². The number of carbonyl (C=O) groups is 1. The number of nitrogens with zero attached hydrogens (tertiary/aromatic N) is 1. The molecule has 0 spiro atoms. The van der Waals surface area contributed by atoms with E-state index in [-0.39, 0.29) is 12.5 Å². The Hall–Kier alpha value is -2.61. The summed E-state index contributed by atoms with van der Waals surface area (Å²) in [5.41, 5.74) is 0.782. The summed E-state index contributed by atoms with van der Waals surface area (Å²) in [7, 11) is 1.58. The van der Waals surface area contributed by atoms with Crippen LogP contribution in [0.2, 0.25) is 0 Å². The second-order valence-electron chi connectivity index (χ2n) is 7.28. The van der Waals surface area contributed by atoms with Crippen molar-refractivity contribution in [2.75, 3.05) is 20.3 Å². The summed E-state index contributed by atoms with van der Waals surface area (Å²) in [6.07, 6.45) is 7.94. The molecule has 0 bridgehead atoms. The first-order valence-electron chi connectivity index (χ1n) is 10.4. The minimum atomic E-state index is -0.807. The van der Waals surface area contributed by atoms with E-state index in [0.717, 1.165) is 24.8 Å². The van der Waals surface area contributed by atoms with Crippen LogP contribution in [0.15, 0.2) is 36.4 Å². The third-order valence-electron chi connectivity index (χ3n) is 4.25. The fourth-order valence-electron chi connectivity index (χ4n) is 2.70. The lowest BCUT2D eigenvalue weighted by Gasteiger charge is -2.20. The zero-order valence-corrected chi connectivity index (χ0v) is 18.2. The predicted molar refractivity (Wildman–Crippen MR) is 114 cm³/mol. The van der Waals surface area contributed by atoms with Gasteiger partial charge in [0.15, 0.2) is 6.23 Å². The second kappa shape index (κ2) is 15.3. The Labute approximate surface area is 178 Å². The second-order valence-corrected chi connectivity index (χ2v) is 7.28. The first-order chi connectivity index (χ1) is 14.4. The molecule has 1 aromatic carbocycles. The standard InChI is InChI=1S/C22H34N2O6/c1-18(2)11-6-4-5-7-14-21(25)23-22(19-12-10-13-20(17-19)28-3)29-15-8-9-16-30-24(26)27/h6,10-13,17-18,22H,4-5,7-9,14-16H2,1-3H3,(H,23,25). The van der Waals surface area contributed by atoms with Crippen LogP contribution in [0.4, 0.5) is 0 Å². The van der Waals surface area contributed by atoms with Gasteiger partial charge in [0.25, 0.3) is 5.09 Å². The Morgan fingerprint density at radius 1 is 1.20 bits per heavy atom. The number of amides is 1.